The van der Waals surface area contributed by atoms with Crippen LogP contribution in [0.3, 0.4) is 0 Å². The molecule has 6 heteroatoms. The monoisotopic (exact) mass is 289 g/mol. The molecular weight excluding hydrogens is 270 g/mol. The number of morpholine rings is 1. The van der Waals surface area contributed by atoms with Crippen LogP contribution >= 0.6 is 0 Å². The Balaban J connectivity index is 1.75. The van der Waals surface area contributed by atoms with Crippen LogP contribution in [0.1, 0.15) is 33.8 Å². The largest absolute Gasteiger partial charge is 0.378 e. The second kappa shape index (κ2) is 6.22. The second-order valence-corrected chi connectivity index (χ2v) is 5.31. The zero-order chi connectivity index (χ0) is 14.7. The number of hydrogen-bond donors (Lipinski definition) is 0. The standard InChI is InChI=1S/C15H19N3O3/c19-14(17-6-1-2-7-17)12-4-3-5-13(16-12)15(20)18-8-10-21-11-9-18/h3-5H,1-2,6-11H2. The van der Waals surface area contributed by atoms with Crippen LogP contribution in [-0.4, -0.2) is 66.0 Å². The summed E-state index contributed by atoms with van der Waals surface area (Å²) in [5.41, 5.74) is 0.693. The van der Waals surface area contributed by atoms with E-state index in [4.69, 9.17) is 4.74 Å². The Hall–Kier alpha value is -1.95. The van der Waals surface area contributed by atoms with Crippen LogP contribution in [0.15, 0.2) is 18.2 Å². The normalized spacial score (nSPS) is 18.9. The lowest BCUT2D eigenvalue weighted by atomic mass is 10.2. The van der Waals surface area contributed by atoms with Crippen molar-refractivity contribution in [2.75, 3.05) is 39.4 Å². The number of aromatic nitrogens is 1. The Labute approximate surface area is 123 Å². The number of likely N-dealkylation sites (tertiary alicyclic amines) is 1. The van der Waals surface area contributed by atoms with Gasteiger partial charge in [0.05, 0.1) is 13.2 Å². The van der Waals surface area contributed by atoms with Crippen LogP contribution in [-0.2, 0) is 4.74 Å². The van der Waals surface area contributed by atoms with Gasteiger partial charge < -0.3 is 14.5 Å². The summed E-state index contributed by atoms with van der Waals surface area (Å²) < 4.78 is 5.24. The highest BCUT2D eigenvalue weighted by Gasteiger charge is 2.23. The van der Waals surface area contributed by atoms with Gasteiger partial charge in [-0.3, -0.25) is 9.59 Å². The molecule has 1 aromatic heterocycles. The third-order valence-corrected chi connectivity index (χ3v) is 3.88. The van der Waals surface area contributed by atoms with Gasteiger partial charge in [0, 0.05) is 26.2 Å². The first-order valence-electron chi connectivity index (χ1n) is 7.39. The van der Waals surface area contributed by atoms with Crippen molar-refractivity contribution in [3.8, 4) is 0 Å². The molecule has 6 nitrogen and oxygen atoms in total. The lowest BCUT2D eigenvalue weighted by Gasteiger charge is -2.26. The van der Waals surface area contributed by atoms with E-state index in [-0.39, 0.29) is 11.8 Å². The molecule has 0 aliphatic carbocycles. The molecular formula is C15H19N3O3. The van der Waals surface area contributed by atoms with E-state index in [2.05, 4.69) is 4.98 Å². The number of rotatable bonds is 2. The van der Waals surface area contributed by atoms with Gasteiger partial charge in [-0.15, -0.1) is 0 Å². The van der Waals surface area contributed by atoms with E-state index in [9.17, 15) is 9.59 Å². The summed E-state index contributed by atoms with van der Waals surface area (Å²) in [6.07, 6.45) is 2.08. The van der Waals surface area contributed by atoms with Crippen LogP contribution in [0.2, 0.25) is 0 Å². The third kappa shape index (κ3) is 3.05. The van der Waals surface area contributed by atoms with E-state index in [1.807, 2.05) is 0 Å². The van der Waals surface area contributed by atoms with Gasteiger partial charge in [0.15, 0.2) is 0 Å². The van der Waals surface area contributed by atoms with Gasteiger partial charge >= 0.3 is 0 Å². The summed E-state index contributed by atoms with van der Waals surface area (Å²) >= 11 is 0. The highest BCUT2D eigenvalue weighted by Crippen LogP contribution is 2.13. The first kappa shape index (κ1) is 14.0. The van der Waals surface area contributed by atoms with Crippen LogP contribution in [0.4, 0.5) is 0 Å². The lowest BCUT2D eigenvalue weighted by Crippen LogP contribution is -2.41. The minimum Gasteiger partial charge on any atom is -0.378 e. The molecule has 3 rings (SSSR count). The Kier molecular flexibility index (Phi) is 4.15. The maximum atomic E-state index is 12.4. The van der Waals surface area contributed by atoms with E-state index >= 15 is 0 Å². The molecule has 0 atom stereocenters. The van der Waals surface area contributed by atoms with E-state index < -0.39 is 0 Å². The highest BCUT2D eigenvalue weighted by atomic mass is 16.5. The summed E-state index contributed by atoms with van der Waals surface area (Å²) in [6.45, 7) is 3.82. The maximum absolute atomic E-state index is 12.4. The Morgan fingerprint density at radius 2 is 1.43 bits per heavy atom. The molecule has 0 unspecified atom stereocenters. The molecule has 2 saturated heterocycles. The molecule has 2 aliphatic heterocycles. The predicted octanol–water partition coefficient (Wildman–Crippen LogP) is 0.790. The van der Waals surface area contributed by atoms with Gasteiger partial charge in [0.1, 0.15) is 11.4 Å². The van der Waals surface area contributed by atoms with E-state index in [1.165, 1.54) is 0 Å². The quantitative estimate of drug-likeness (QED) is 0.807. The van der Waals surface area contributed by atoms with E-state index in [0.717, 1.165) is 25.9 Å². The molecule has 3 heterocycles. The number of hydrogen-bond acceptors (Lipinski definition) is 4. The Morgan fingerprint density at radius 1 is 0.905 bits per heavy atom. The number of ether oxygens (including phenoxy) is 1. The van der Waals surface area contributed by atoms with Crippen LogP contribution < -0.4 is 0 Å². The summed E-state index contributed by atoms with van der Waals surface area (Å²) in [5, 5.41) is 0. The first-order chi connectivity index (χ1) is 10.3. The fraction of sp³-hybridized carbons (Fsp3) is 0.533. The highest BCUT2D eigenvalue weighted by molar-refractivity contribution is 5.96. The zero-order valence-corrected chi connectivity index (χ0v) is 12.0. The Bertz CT molecular complexity index is 535. The Morgan fingerprint density at radius 3 is 2.00 bits per heavy atom. The third-order valence-electron chi connectivity index (χ3n) is 3.88. The van der Waals surface area contributed by atoms with Crippen molar-refractivity contribution < 1.29 is 14.3 Å². The van der Waals surface area contributed by atoms with Crippen molar-refractivity contribution in [3.63, 3.8) is 0 Å². The van der Waals surface area contributed by atoms with Crippen molar-refractivity contribution in [3.05, 3.63) is 29.6 Å². The number of pyridine rings is 1. The van der Waals surface area contributed by atoms with Gasteiger partial charge in [-0.1, -0.05) is 6.07 Å². The molecule has 21 heavy (non-hydrogen) atoms. The summed E-state index contributed by atoms with van der Waals surface area (Å²) in [7, 11) is 0. The number of carbonyl (C=O) groups excluding carboxylic acids is 2. The van der Waals surface area contributed by atoms with Crippen LogP contribution in [0, 0.1) is 0 Å². The van der Waals surface area contributed by atoms with Crippen molar-refractivity contribution in [2.24, 2.45) is 0 Å². The van der Waals surface area contributed by atoms with Gasteiger partial charge in [-0.05, 0) is 25.0 Å². The molecule has 112 valence electrons. The molecule has 0 radical (unpaired) electrons. The SMILES string of the molecule is O=C(c1cccc(C(=O)N2CCOCC2)n1)N1CCCC1. The van der Waals surface area contributed by atoms with E-state index in [1.54, 1.807) is 28.0 Å². The summed E-state index contributed by atoms with van der Waals surface area (Å²) in [4.78, 5) is 32.5. The molecule has 0 aromatic carbocycles. The van der Waals surface area contributed by atoms with Gasteiger partial charge in [0.2, 0.25) is 0 Å². The van der Waals surface area contributed by atoms with Gasteiger partial charge in [-0.2, -0.15) is 0 Å². The zero-order valence-electron chi connectivity index (χ0n) is 12.0. The number of carbonyl (C=O) groups is 2. The number of amides is 2. The summed E-state index contributed by atoms with van der Waals surface area (Å²) in [6, 6.07) is 5.07. The van der Waals surface area contributed by atoms with Crippen molar-refractivity contribution >= 4 is 11.8 Å². The smallest absolute Gasteiger partial charge is 0.272 e. The maximum Gasteiger partial charge on any atom is 0.272 e. The molecule has 2 aliphatic rings. The topological polar surface area (TPSA) is 62.7 Å². The molecule has 0 bridgehead atoms. The lowest BCUT2D eigenvalue weighted by molar-refractivity contribution is 0.0299. The van der Waals surface area contributed by atoms with E-state index in [0.29, 0.717) is 37.7 Å². The first-order valence-corrected chi connectivity index (χ1v) is 7.39. The molecule has 2 amide bonds. The fourth-order valence-corrected chi connectivity index (χ4v) is 2.68. The average molecular weight is 289 g/mol. The number of nitrogens with zero attached hydrogens (tertiary/aromatic N) is 3. The van der Waals surface area contributed by atoms with Crippen molar-refractivity contribution in [1.82, 2.24) is 14.8 Å². The second-order valence-electron chi connectivity index (χ2n) is 5.31. The van der Waals surface area contributed by atoms with Gasteiger partial charge in [0.25, 0.3) is 11.8 Å². The fourth-order valence-electron chi connectivity index (χ4n) is 2.68. The van der Waals surface area contributed by atoms with Crippen LogP contribution in [0.5, 0.6) is 0 Å². The molecule has 0 saturated carbocycles. The molecule has 1 aromatic rings. The molecule has 2 fully saturated rings. The molecule has 0 N–H and O–H groups in total. The average Bonchev–Trinajstić information content (AvgIpc) is 3.09. The molecule has 0 spiro atoms. The van der Waals surface area contributed by atoms with Crippen molar-refractivity contribution in [1.29, 1.82) is 0 Å². The predicted molar refractivity (Wildman–Crippen MR) is 76.1 cm³/mol. The van der Waals surface area contributed by atoms with Crippen molar-refractivity contribution in [2.45, 2.75) is 12.8 Å². The van der Waals surface area contributed by atoms with Gasteiger partial charge in [-0.25, -0.2) is 4.98 Å². The minimum absolute atomic E-state index is 0.0795. The summed E-state index contributed by atoms with van der Waals surface area (Å²) in [5.74, 6) is -0.210. The minimum atomic E-state index is -0.130. The van der Waals surface area contributed by atoms with Crippen LogP contribution in [0.25, 0.3) is 0 Å².